The summed E-state index contributed by atoms with van der Waals surface area (Å²) < 4.78 is 0. The lowest BCUT2D eigenvalue weighted by Gasteiger charge is -2.51. The van der Waals surface area contributed by atoms with Gasteiger partial charge in [0.1, 0.15) is 0 Å². The van der Waals surface area contributed by atoms with Gasteiger partial charge in [-0.05, 0) is 184 Å². The van der Waals surface area contributed by atoms with Crippen molar-refractivity contribution < 1.29 is 0 Å². The fraction of sp³-hybridized carbons (Fsp3) is 0.159. The van der Waals surface area contributed by atoms with E-state index < -0.39 is 13.1 Å². The standard InChI is InChI=1S/C69H64Si/c1-45-41-60(66(57-35-23-14-24-36-57)63(50(45)6)54-29-17-11-18-30-54)70(69(10)44-48(4)49(5)53(69)9,61-42-46(2)51(7)64(55-31-19-12-20-32-55)67(61)58-37-25-15-26-38-58)62-43-47(3)52(8)65(56-33-21-13-22-34-56)68(62)59-39-27-16-28-40-59/h11-44H,1-10H3. The predicted molar refractivity (Wildman–Crippen MR) is 306 cm³/mol. The molecule has 1 aliphatic carbocycles. The SMILES string of the molecule is CC1=CC(C)([Si](c2cc(C)c(C)c(-c3ccccc3)c2-c2ccccc2)(c2cc(C)c(C)c(-c3ccccc3)c2-c2ccccc2)c2cc(C)c(C)c(-c3ccccc3)c2-c2ccccc2)C(C)=C1C. The molecular weight excluding hydrogens is 857 g/mol. The van der Waals surface area contributed by atoms with Crippen molar-refractivity contribution in [3.8, 4) is 66.8 Å². The monoisotopic (exact) mass is 920 g/mol. The van der Waals surface area contributed by atoms with Crippen molar-refractivity contribution in [2.24, 2.45) is 0 Å². The maximum atomic E-state index is 2.72. The molecule has 0 bridgehead atoms. The quantitative estimate of drug-likeness (QED) is 0.0947. The van der Waals surface area contributed by atoms with Gasteiger partial charge in [-0.15, -0.1) is 0 Å². The van der Waals surface area contributed by atoms with E-state index in [2.05, 4.69) is 276 Å². The number of allylic oxidation sites excluding steroid dienone is 4. The Morgan fingerprint density at radius 3 is 0.743 bits per heavy atom. The van der Waals surface area contributed by atoms with E-state index in [1.54, 1.807) is 0 Å². The summed E-state index contributed by atoms with van der Waals surface area (Å²) in [6.07, 6.45) is 2.72. The van der Waals surface area contributed by atoms with Crippen molar-refractivity contribution in [2.75, 3.05) is 0 Å². The summed E-state index contributed by atoms with van der Waals surface area (Å²) in [4.78, 5) is 0. The average Bonchev–Trinajstić information content (AvgIpc) is 3.60. The molecule has 70 heavy (non-hydrogen) atoms. The molecule has 1 unspecified atom stereocenters. The van der Waals surface area contributed by atoms with Crippen LogP contribution in [0.3, 0.4) is 0 Å². The maximum Gasteiger partial charge on any atom is 0.163 e. The van der Waals surface area contributed by atoms with Crippen LogP contribution in [0.15, 0.2) is 223 Å². The average molecular weight is 921 g/mol. The third-order valence-electron chi connectivity index (χ3n) is 16.3. The van der Waals surface area contributed by atoms with E-state index >= 15 is 0 Å². The Kier molecular flexibility index (Phi) is 12.3. The zero-order valence-corrected chi connectivity index (χ0v) is 43.6. The lowest BCUT2D eigenvalue weighted by molar-refractivity contribution is 0.870. The van der Waals surface area contributed by atoms with Crippen LogP contribution < -0.4 is 15.6 Å². The third-order valence-corrected chi connectivity index (χ3v) is 22.0. The first kappa shape index (κ1) is 46.4. The summed E-state index contributed by atoms with van der Waals surface area (Å²) in [5.41, 5.74) is 27.3. The minimum Gasteiger partial charge on any atom is -0.0730 e. The number of hydrogen-bond donors (Lipinski definition) is 0. The van der Waals surface area contributed by atoms with E-state index in [1.807, 2.05) is 0 Å². The Morgan fingerprint density at radius 2 is 0.529 bits per heavy atom. The van der Waals surface area contributed by atoms with Crippen molar-refractivity contribution in [1.29, 1.82) is 0 Å². The zero-order chi connectivity index (χ0) is 48.9. The second-order valence-corrected chi connectivity index (χ2v) is 24.2. The Hall–Kier alpha value is -7.32. The summed E-state index contributed by atoms with van der Waals surface area (Å²) in [7, 11) is -3.73. The van der Waals surface area contributed by atoms with Gasteiger partial charge in [0.15, 0.2) is 8.07 Å². The number of aryl methyl sites for hydroxylation is 3. The van der Waals surface area contributed by atoms with Gasteiger partial charge in [0.05, 0.1) is 0 Å². The van der Waals surface area contributed by atoms with Crippen LogP contribution in [0.2, 0.25) is 5.04 Å². The first-order valence-corrected chi connectivity index (χ1v) is 27.0. The van der Waals surface area contributed by atoms with E-state index in [1.165, 1.54) is 132 Å². The molecule has 0 heterocycles. The molecule has 0 fully saturated rings. The molecule has 0 saturated carbocycles. The number of rotatable bonds is 10. The highest BCUT2D eigenvalue weighted by Gasteiger charge is 2.59. The molecule has 0 aliphatic heterocycles. The molecule has 0 aromatic heterocycles. The van der Waals surface area contributed by atoms with Crippen molar-refractivity contribution in [3.05, 3.63) is 256 Å². The van der Waals surface area contributed by atoms with Gasteiger partial charge in [-0.25, -0.2) is 0 Å². The van der Waals surface area contributed by atoms with Crippen LogP contribution in [0.25, 0.3) is 66.8 Å². The number of benzene rings is 9. The molecule has 9 aromatic carbocycles. The second kappa shape index (κ2) is 18.5. The van der Waals surface area contributed by atoms with E-state index in [4.69, 9.17) is 0 Å². The zero-order valence-electron chi connectivity index (χ0n) is 42.6. The van der Waals surface area contributed by atoms with Crippen LogP contribution in [0.1, 0.15) is 61.1 Å². The van der Waals surface area contributed by atoms with Crippen LogP contribution in [0.4, 0.5) is 0 Å². The van der Waals surface area contributed by atoms with Crippen LogP contribution in [0.5, 0.6) is 0 Å². The predicted octanol–water partition coefficient (Wildman–Crippen LogP) is 17.1. The van der Waals surface area contributed by atoms with E-state index in [9.17, 15) is 0 Å². The summed E-state index contributed by atoms with van der Waals surface area (Å²) >= 11 is 0. The smallest absolute Gasteiger partial charge is 0.0730 e. The fourth-order valence-electron chi connectivity index (χ4n) is 12.2. The van der Waals surface area contributed by atoms with E-state index in [0.717, 1.165) is 0 Å². The van der Waals surface area contributed by atoms with Crippen LogP contribution in [-0.4, -0.2) is 8.07 Å². The fourth-order valence-corrected chi connectivity index (χ4v) is 19.2. The van der Waals surface area contributed by atoms with E-state index in [-0.39, 0.29) is 0 Å². The summed E-state index contributed by atoms with van der Waals surface area (Å²) in [6, 6.07) is 75.9. The van der Waals surface area contributed by atoms with Gasteiger partial charge in [-0.3, -0.25) is 0 Å². The molecule has 0 radical (unpaired) electrons. The molecule has 0 nitrogen and oxygen atoms in total. The molecule has 9 aromatic rings. The van der Waals surface area contributed by atoms with Gasteiger partial charge in [-0.2, -0.15) is 0 Å². The lowest BCUT2D eigenvalue weighted by atomic mass is 9.88. The lowest BCUT2D eigenvalue weighted by Crippen LogP contribution is -2.74. The third kappa shape index (κ3) is 7.42. The van der Waals surface area contributed by atoms with Crippen LogP contribution in [-0.2, 0) is 0 Å². The topological polar surface area (TPSA) is 0 Å². The Morgan fingerprint density at radius 1 is 0.300 bits per heavy atom. The van der Waals surface area contributed by atoms with Gasteiger partial charge in [-0.1, -0.05) is 224 Å². The molecule has 0 N–H and O–H groups in total. The molecule has 344 valence electrons. The highest BCUT2D eigenvalue weighted by Crippen LogP contribution is 2.57. The molecule has 10 rings (SSSR count). The Labute approximate surface area is 418 Å². The Balaban J connectivity index is 1.61. The first-order chi connectivity index (χ1) is 33.9. The van der Waals surface area contributed by atoms with Crippen molar-refractivity contribution >= 4 is 23.6 Å². The minimum absolute atomic E-state index is 0.487. The van der Waals surface area contributed by atoms with Gasteiger partial charge in [0, 0.05) is 5.04 Å². The summed E-state index contributed by atoms with van der Waals surface area (Å²) in [5, 5.41) is 3.80. The summed E-state index contributed by atoms with van der Waals surface area (Å²) in [6.45, 7) is 24.0. The van der Waals surface area contributed by atoms with Crippen molar-refractivity contribution in [1.82, 2.24) is 0 Å². The van der Waals surface area contributed by atoms with Crippen LogP contribution >= 0.6 is 0 Å². The maximum absolute atomic E-state index is 3.73. The molecule has 1 aliphatic rings. The largest absolute Gasteiger partial charge is 0.163 e. The molecule has 1 heteroatoms. The normalized spacial score (nSPS) is 14.8. The van der Waals surface area contributed by atoms with Gasteiger partial charge in [0.2, 0.25) is 0 Å². The van der Waals surface area contributed by atoms with Gasteiger partial charge < -0.3 is 0 Å². The van der Waals surface area contributed by atoms with Crippen LogP contribution in [0, 0.1) is 41.5 Å². The molecule has 0 amide bonds. The van der Waals surface area contributed by atoms with Gasteiger partial charge >= 0.3 is 0 Å². The molecule has 1 atom stereocenters. The molecule has 0 spiro atoms. The first-order valence-electron chi connectivity index (χ1n) is 25.0. The van der Waals surface area contributed by atoms with Crippen molar-refractivity contribution in [3.63, 3.8) is 0 Å². The van der Waals surface area contributed by atoms with Crippen molar-refractivity contribution in [2.45, 2.75) is 74.3 Å². The Bertz CT molecular complexity index is 3140. The highest BCUT2D eigenvalue weighted by atomic mass is 28.3. The summed E-state index contributed by atoms with van der Waals surface area (Å²) in [5.74, 6) is 0. The number of hydrogen-bond acceptors (Lipinski definition) is 0. The second-order valence-electron chi connectivity index (χ2n) is 20.1. The molecule has 0 saturated heterocycles. The highest BCUT2D eigenvalue weighted by molar-refractivity contribution is 7.16. The van der Waals surface area contributed by atoms with Gasteiger partial charge in [0.25, 0.3) is 0 Å². The molecular formula is C69H64Si. The van der Waals surface area contributed by atoms with E-state index in [0.29, 0.717) is 0 Å². The minimum atomic E-state index is -3.73.